The average molecular weight is 959 g/mol. The summed E-state index contributed by atoms with van der Waals surface area (Å²) in [5.74, 6) is -12.6. The second kappa shape index (κ2) is 26.6. The lowest BCUT2D eigenvalue weighted by Gasteiger charge is -2.32. The van der Waals surface area contributed by atoms with Crippen molar-refractivity contribution in [2.24, 2.45) is 28.1 Å². The molecule has 9 atom stereocenters. The summed E-state index contributed by atoms with van der Waals surface area (Å²) in [6, 6.07) is -12.7. The number of hydrogen-bond donors (Lipinski definition) is 14. The molecule has 2 aliphatic rings. The molecule has 16 N–H and O–H groups in total. The van der Waals surface area contributed by atoms with Gasteiger partial charge in [-0.05, 0) is 51.4 Å². The molecule has 0 unspecified atom stereocenters. The highest BCUT2D eigenvalue weighted by molar-refractivity contribution is 7.80. The maximum atomic E-state index is 14.2. The van der Waals surface area contributed by atoms with Crippen LogP contribution in [0.1, 0.15) is 72.1 Å². The van der Waals surface area contributed by atoms with Gasteiger partial charge >= 0.3 is 17.9 Å². The second-order valence-electron chi connectivity index (χ2n) is 16.0. The zero-order valence-corrected chi connectivity index (χ0v) is 37.7. The number of likely N-dealkylation sites (tertiary alicyclic amines) is 2. The van der Waals surface area contributed by atoms with Gasteiger partial charge in [0.15, 0.2) is 5.96 Å². The molecular weight excluding hydrogens is 897 g/mol. The number of nitrogens with one attached hydrogen (secondary N) is 6. The third-order valence-electron chi connectivity index (χ3n) is 10.6. The number of nitrogens with two attached hydrogens (primary N) is 3. The van der Waals surface area contributed by atoms with Gasteiger partial charge in [-0.3, -0.25) is 52.9 Å². The number of nitrogens with zero attached hydrogens (tertiary/aromatic N) is 3. The summed E-state index contributed by atoms with van der Waals surface area (Å²) in [4.78, 5) is 148. The molecule has 0 aliphatic carbocycles. The zero-order chi connectivity index (χ0) is 50.0. The van der Waals surface area contributed by atoms with Crippen molar-refractivity contribution in [1.82, 2.24) is 41.7 Å². The molecule has 0 aromatic rings. The minimum Gasteiger partial charge on any atom is -0.481 e. The number of carboxylic acids is 3. The molecule has 27 nitrogen and oxygen atoms in total. The number of aliphatic hydroxyl groups excluding tert-OH is 1. The molecule has 0 saturated carbocycles. The van der Waals surface area contributed by atoms with E-state index in [9.17, 15) is 73.2 Å². The molecule has 28 heteroatoms. The van der Waals surface area contributed by atoms with Gasteiger partial charge < -0.3 is 79.3 Å². The fourth-order valence-electron chi connectivity index (χ4n) is 7.09. The first-order valence-corrected chi connectivity index (χ1v) is 21.7. The van der Waals surface area contributed by atoms with Gasteiger partial charge in [0.25, 0.3) is 0 Å². The molecule has 2 rings (SSSR count). The molecule has 0 spiro atoms. The van der Waals surface area contributed by atoms with Crippen LogP contribution in [0.3, 0.4) is 0 Å². The van der Waals surface area contributed by atoms with E-state index < -0.39 is 145 Å². The predicted molar refractivity (Wildman–Crippen MR) is 233 cm³/mol. The van der Waals surface area contributed by atoms with E-state index >= 15 is 0 Å². The Morgan fingerprint density at radius 1 is 0.667 bits per heavy atom. The number of aliphatic carboxylic acids is 3. The molecule has 2 fully saturated rings. The van der Waals surface area contributed by atoms with Gasteiger partial charge in [-0.2, -0.15) is 12.6 Å². The van der Waals surface area contributed by atoms with Crippen LogP contribution in [-0.2, 0) is 52.7 Å². The van der Waals surface area contributed by atoms with Crippen LogP contribution in [0.5, 0.6) is 0 Å². The first kappa shape index (κ1) is 55.8. The summed E-state index contributed by atoms with van der Waals surface area (Å²) in [7, 11) is 0. The minimum atomic E-state index is -1.81. The highest BCUT2D eigenvalue weighted by Crippen LogP contribution is 2.22. The molecule has 370 valence electrons. The van der Waals surface area contributed by atoms with Crippen LogP contribution in [0.15, 0.2) is 4.99 Å². The number of carbonyl (C=O) groups is 11. The lowest BCUT2D eigenvalue weighted by molar-refractivity contribution is -0.145. The van der Waals surface area contributed by atoms with Gasteiger partial charge in [-0.15, -0.1) is 0 Å². The molecule has 2 aliphatic heterocycles. The Hall–Kier alpha value is -6.29. The van der Waals surface area contributed by atoms with Crippen LogP contribution in [0, 0.1) is 5.92 Å². The number of carbonyl (C=O) groups excluding carboxylic acids is 8. The minimum absolute atomic E-state index is 0.00751. The van der Waals surface area contributed by atoms with Crippen molar-refractivity contribution < 1.29 is 73.2 Å². The van der Waals surface area contributed by atoms with Crippen molar-refractivity contribution in [3.05, 3.63) is 0 Å². The van der Waals surface area contributed by atoms with Crippen LogP contribution < -0.4 is 49.1 Å². The lowest BCUT2D eigenvalue weighted by Crippen LogP contribution is -2.60. The fraction of sp³-hybridized carbons (Fsp3) is 0.684. The number of guanidine groups is 1. The smallest absolute Gasteiger partial charge is 0.328 e. The molecule has 2 saturated heterocycles. The van der Waals surface area contributed by atoms with Gasteiger partial charge in [0.1, 0.15) is 48.3 Å². The molecule has 66 heavy (non-hydrogen) atoms. The Labute approximate surface area is 384 Å². The Balaban J connectivity index is 2.29. The Morgan fingerprint density at radius 2 is 1.15 bits per heavy atom. The Bertz CT molecular complexity index is 1850. The summed E-state index contributed by atoms with van der Waals surface area (Å²) in [6.07, 6.45) is -0.925. The average Bonchev–Trinajstić information content (AvgIpc) is 3.95. The summed E-state index contributed by atoms with van der Waals surface area (Å²) in [5.41, 5.74) is 16.5. The summed E-state index contributed by atoms with van der Waals surface area (Å²) in [5, 5.41) is 51.3. The highest BCUT2D eigenvalue weighted by Gasteiger charge is 2.42. The van der Waals surface area contributed by atoms with Crippen molar-refractivity contribution in [3.63, 3.8) is 0 Å². The number of thiol groups is 1. The van der Waals surface area contributed by atoms with E-state index in [0.717, 1.165) is 4.90 Å². The lowest BCUT2D eigenvalue weighted by atomic mass is 10.0. The Morgan fingerprint density at radius 3 is 1.64 bits per heavy atom. The molecule has 2 heterocycles. The van der Waals surface area contributed by atoms with Crippen molar-refractivity contribution in [2.45, 2.75) is 127 Å². The van der Waals surface area contributed by atoms with Gasteiger partial charge in [0, 0.05) is 25.4 Å². The molecule has 0 bridgehead atoms. The van der Waals surface area contributed by atoms with Crippen LogP contribution in [0.25, 0.3) is 0 Å². The number of carboxylic acid groups (broad SMARTS) is 3. The van der Waals surface area contributed by atoms with Crippen LogP contribution in [0.2, 0.25) is 0 Å². The monoisotopic (exact) mass is 958 g/mol. The maximum absolute atomic E-state index is 14.2. The maximum Gasteiger partial charge on any atom is 0.328 e. The van der Waals surface area contributed by atoms with Crippen molar-refractivity contribution in [3.8, 4) is 0 Å². The summed E-state index contributed by atoms with van der Waals surface area (Å²) < 4.78 is 0. The fourth-order valence-corrected chi connectivity index (χ4v) is 7.26. The normalized spacial score (nSPS) is 18.8. The quantitative estimate of drug-likeness (QED) is 0.0166. The summed E-state index contributed by atoms with van der Waals surface area (Å²) >= 11 is 3.92. The van der Waals surface area contributed by atoms with E-state index in [1.807, 2.05) is 5.32 Å². The van der Waals surface area contributed by atoms with Crippen molar-refractivity contribution in [2.75, 3.05) is 32.0 Å². The first-order valence-electron chi connectivity index (χ1n) is 21.1. The standard InChI is InChI=1S/C38H62N12O15S/c1-17(2)28(48-33(60)25-9-5-11-49(25)35(62)18(3)43-30(57)21(13-26(52)53)45-29(56)19(39)16-66)34(61)44-20(7-4-10-42-38(40)41)36(63)50-12-6-8-24(50)32(59)46-22(14-27(54)55)31(58)47-23(15-51)37(64)65/h17-25,28,51,66H,4-16,39H2,1-3H3,(H,43,57)(H,44,61)(H,45,56)(H,46,59)(H,47,58)(H,48,60)(H,52,53)(H,54,55)(H,64,65)(H4,40,41,42)/t18-,19-,20-,21-,22-,23-,24-,25-,28-/m0/s1. The van der Waals surface area contributed by atoms with E-state index in [-0.39, 0.29) is 63.5 Å². The molecule has 0 aromatic carbocycles. The third-order valence-corrected chi connectivity index (χ3v) is 11.0. The highest BCUT2D eigenvalue weighted by atomic mass is 32.1. The van der Waals surface area contributed by atoms with Crippen LogP contribution in [0.4, 0.5) is 0 Å². The number of aliphatic imine (C=N–C) groups is 1. The zero-order valence-electron chi connectivity index (χ0n) is 36.8. The Kier molecular flexibility index (Phi) is 22.5. The third kappa shape index (κ3) is 16.9. The first-order chi connectivity index (χ1) is 30.9. The van der Waals surface area contributed by atoms with E-state index in [4.69, 9.17) is 17.2 Å². The van der Waals surface area contributed by atoms with Crippen molar-refractivity contribution in [1.29, 1.82) is 0 Å². The predicted octanol–water partition coefficient (Wildman–Crippen LogP) is -6.11. The van der Waals surface area contributed by atoms with Gasteiger partial charge in [-0.1, -0.05) is 13.8 Å². The molecule has 0 radical (unpaired) electrons. The largest absolute Gasteiger partial charge is 0.481 e. The second-order valence-corrected chi connectivity index (χ2v) is 16.4. The molecule has 8 amide bonds. The van der Waals surface area contributed by atoms with E-state index in [2.05, 4.69) is 44.2 Å². The number of rotatable bonds is 26. The molecule has 0 aromatic heterocycles. The van der Waals surface area contributed by atoms with Crippen molar-refractivity contribution >= 4 is 83.8 Å². The number of aliphatic hydroxyl groups is 1. The number of amides is 8. The van der Waals surface area contributed by atoms with Crippen LogP contribution >= 0.6 is 12.6 Å². The van der Waals surface area contributed by atoms with Gasteiger partial charge in [-0.25, -0.2) is 4.79 Å². The van der Waals surface area contributed by atoms with Gasteiger partial charge in [0.05, 0.1) is 25.5 Å². The van der Waals surface area contributed by atoms with E-state index in [1.54, 1.807) is 13.8 Å². The van der Waals surface area contributed by atoms with Crippen LogP contribution in [-0.4, -0.2) is 188 Å². The van der Waals surface area contributed by atoms with E-state index in [0.29, 0.717) is 6.42 Å². The van der Waals surface area contributed by atoms with Gasteiger partial charge in [0.2, 0.25) is 47.3 Å². The number of hydrogen-bond acceptors (Lipinski definition) is 15. The van der Waals surface area contributed by atoms with E-state index in [1.165, 1.54) is 11.8 Å². The summed E-state index contributed by atoms with van der Waals surface area (Å²) in [6.45, 7) is 3.57. The SMILES string of the molecule is CC(C)[C@H](NC(=O)[C@@H]1CCCN1C(=O)[C@H](C)NC(=O)[C@H](CC(=O)O)NC(=O)[C@@H](N)CS)C(=O)N[C@@H](CCCN=C(N)N)C(=O)N1CCC[C@H]1C(=O)N[C@@H](CC(=O)O)C(=O)N[C@@H](CO)C(=O)O. The molecular formula is C38H62N12O15S. The topological polar surface area (TPSA) is 438 Å².